The Hall–Kier alpha value is -1.94. The van der Waals surface area contributed by atoms with Gasteiger partial charge in [-0.3, -0.25) is 37.3 Å². The van der Waals surface area contributed by atoms with Gasteiger partial charge in [0.1, 0.15) is 19.3 Å². The summed E-state index contributed by atoms with van der Waals surface area (Å²) in [5.41, 5.74) is 0. The molecule has 0 aromatic heterocycles. The predicted molar refractivity (Wildman–Crippen MR) is 358 cm³/mol. The molecular weight excluding hydrogens is 1170 g/mol. The third-order valence-corrected chi connectivity index (χ3v) is 18.5. The molecule has 6 atom stereocenters. The molecule has 0 rings (SSSR count). The van der Waals surface area contributed by atoms with Gasteiger partial charge in [0.2, 0.25) is 0 Å². The van der Waals surface area contributed by atoms with E-state index in [0.717, 1.165) is 102 Å². The van der Waals surface area contributed by atoms with E-state index in [4.69, 9.17) is 37.0 Å². The molecule has 0 aromatic rings. The fraction of sp³-hybridized carbons (Fsp3) is 0.943. The average molecular weight is 1310 g/mol. The van der Waals surface area contributed by atoms with Crippen molar-refractivity contribution in [1.29, 1.82) is 0 Å². The van der Waals surface area contributed by atoms with Crippen molar-refractivity contribution in [2.45, 2.75) is 374 Å². The maximum atomic E-state index is 13.0. The second-order valence-corrected chi connectivity index (χ2v) is 28.9. The Morgan fingerprint density at radius 1 is 0.326 bits per heavy atom. The summed E-state index contributed by atoms with van der Waals surface area (Å²) >= 11 is 0. The van der Waals surface area contributed by atoms with Crippen LogP contribution in [0, 0.1) is 11.8 Å². The van der Waals surface area contributed by atoms with Crippen LogP contribution in [0.2, 0.25) is 0 Å². The fourth-order valence-corrected chi connectivity index (χ4v) is 12.1. The van der Waals surface area contributed by atoms with E-state index >= 15 is 0 Å². The molecule has 17 nitrogen and oxygen atoms in total. The van der Waals surface area contributed by atoms with Gasteiger partial charge in [0.15, 0.2) is 12.2 Å². The van der Waals surface area contributed by atoms with E-state index in [1.807, 2.05) is 0 Å². The number of hydrogen-bond acceptors (Lipinski definition) is 15. The van der Waals surface area contributed by atoms with E-state index in [2.05, 4.69) is 41.5 Å². The number of phosphoric ester groups is 2. The summed E-state index contributed by atoms with van der Waals surface area (Å²) in [5, 5.41) is 10.6. The van der Waals surface area contributed by atoms with Crippen LogP contribution >= 0.6 is 15.6 Å². The van der Waals surface area contributed by atoms with Crippen LogP contribution in [0.1, 0.15) is 356 Å². The molecule has 0 fully saturated rings. The van der Waals surface area contributed by atoms with Gasteiger partial charge < -0.3 is 33.8 Å². The van der Waals surface area contributed by atoms with Gasteiger partial charge in [0.25, 0.3) is 0 Å². The minimum Gasteiger partial charge on any atom is -0.462 e. The monoisotopic (exact) mass is 1310 g/mol. The Kier molecular flexibility index (Phi) is 60.8. The highest BCUT2D eigenvalue weighted by Crippen LogP contribution is 2.45. The normalized spacial score (nSPS) is 14.4. The third-order valence-electron chi connectivity index (χ3n) is 16.6. The van der Waals surface area contributed by atoms with E-state index in [1.54, 1.807) is 0 Å². The van der Waals surface area contributed by atoms with Crippen molar-refractivity contribution in [2.24, 2.45) is 11.8 Å². The molecule has 0 heterocycles. The molecule has 0 bridgehead atoms. The van der Waals surface area contributed by atoms with Gasteiger partial charge in [0, 0.05) is 25.7 Å². The van der Waals surface area contributed by atoms with Crippen molar-refractivity contribution in [3.63, 3.8) is 0 Å². The van der Waals surface area contributed by atoms with E-state index in [0.29, 0.717) is 25.7 Å². The van der Waals surface area contributed by atoms with E-state index in [-0.39, 0.29) is 25.7 Å². The molecule has 0 saturated heterocycles. The first-order chi connectivity index (χ1) is 42.9. The Labute approximate surface area is 543 Å². The minimum atomic E-state index is -4.95. The highest BCUT2D eigenvalue weighted by atomic mass is 31.2. The number of aliphatic hydroxyl groups is 1. The van der Waals surface area contributed by atoms with Crippen LogP contribution in [0.25, 0.3) is 0 Å². The van der Waals surface area contributed by atoms with Gasteiger partial charge >= 0.3 is 39.5 Å². The molecule has 3 unspecified atom stereocenters. The molecule has 19 heteroatoms. The summed E-state index contributed by atoms with van der Waals surface area (Å²) in [6.07, 6.45) is 47.1. The first-order valence-corrected chi connectivity index (χ1v) is 39.5. The van der Waals surface area contributed by atoms with Crippen molar-refractivity contribution in [3.05, 3.63) is 0 Å². The van der Waals surface area contributed by atoms with Gasteiger partial charge in [-0.25, -0.2) is 9.13 Å². The lowest BCUT2D eigenvalue weighted by Gasteiger charge is -2.21. The fourth-order valence-electron chi connectivity index (χ4n) is 10.6. The molecule has 0 aliphatic carbocycles. The van der Waals surface area contributed by atoms with Crippen LogP contribution in [0.4, 0.5) is 0 Å². The number of carbonyl (C=O) groups is 4. The van der Waals surface area contributed by atoms with Crippen molar-refractivity contribution >= 4 is 39.5 Å². The lowest BCUT2D eigenvalue weighted by molar-refractivity contribution is -0.161. The number of aliphatic hydroxyl groups excluding tert-OH is 1. The number of esters is 4. The van der Waals surface area contributed by atoms with Gasteiger partial charge in [0.05, 0.1) is 26.4 Å². The predicted octanol–water partition coefficient (Wildman–Crippen LogP) is 20.0. The van der Waals surface area contributed by atoms with Crippen molar-refractivity contribution in [2.75, 3.05) is 39.6 Å². The molecule has 0 saturated carbocycles. The maximum absolute atomic E-state index is 13.0. The molecule has 0 spiro atoms. The SMILES string of the molecule is CCCCCCCCCCCCCC(=O)O[C@H](COC(=O)CCCCCCCCCCC)COP(=O)(O)OC[C@H](O)COP(=O)(O)OC[C@@H](COC(=O)CCCCCCCCCCC(C)C)OC(=O)CCCCCCCCCCCCCCCCC(C)CC. The van der Waals surface area contributed by atoms with Crippen LogP contribution in [0.5, 0.6) is 0 Å². The molecule has 0 aliphatic heterocycles. The van der Waals surface area contributed by atoms with Gasteiger partial charge in [-0.15, -0.1) is 0 Å². The quantitative estimate of drug-likeness (QED) is 0.0222. The summed E-state index contributed by atoms with van der Waals surface area (Å²) in [7, 11) is -9.90. The van der Waals surface area contributed by atoms with E-state index < -0.39 is 97.5 Å². The second-order valence-electron chi connectivity index (χ2n) is 26.0. The van der Waals surface area contributed by atoms with Gasteiger partial charge in [-0.1, -0.05) is 305 Å². The Morgan fingerprint density at radius 3 is 0.854 bits per heavy atom. The summed E-state index contributed by atoms with van der Waals surface area (Å²) in [5.74, 6) is -0.553. The largest absolute Gasteiger partial charge is 0.472 e. The Morgan fingerprint density at radius 2 is 0.573 bits per heavy atom. The average Bonchev–Trinajstić information content (AvgIpc) is 3.62. The number of carbonyl (C=O) groups excluding carboxylic acids is 4. The first kappa shape index (κ1) is 87.1. The molecule has 0 aromatic carbocycles. The minimum absolute atomic E-state index is 0.107. The lowest BCUT2D eigenvalue weighted by Crippen LogP contribution is -2.30. The summed E-state index contributed by atoms with van der Waals surface area (Å²) in [6.45, 7) is 9.55. The van der Waals surface area contributed by atoms with Crippen LogP contribution in [-0.4, -0.2) is 96.7 Å². The first-order valence-electron chi connectivity index (χ1n) is 36.5. The third kappa shape index (κ3) is 63.2. The highest BCUT2D eigenvalue weighted by Gasteiger charge is 2.30. The Balaban J connectivity index is 5.21. The zero-order valence-electron chi connectivity index (χ0n) is 57.7. The van der Waals surface area contributed by atoms with Crippen LogP contribution in [0.15, 0.2) is 0 Å². The zero-order valence-corrected chi connectivity index (χ0v) is 59.5. The van der Waals surface area contributed by atoms with Gasteiger partial charge in [-0.05, 0) is 37.5 Å². The topological polar surface area (TPSA) is 237 Å². The summed E-state index contributed by atoms with van der Waals surface area (Å²) in [6, 6.07) is 0. The van der Waals surface area contributed by atoms with Crippen LogP contribution in [0.3, 0.4) is 0 Å². The molecule has 0 amide bonds. The second kappa shape index (κ2) is 62.2. The van der Waals surface area contributed by atoms with E-state index in [1.165, 1.54) is 173 Å². The number of phosphoric acid groups is 2. The number of hydrogen-bond donors (Lipinski definition) is 3. The number of rotatable bonds is 69. The van der Waals surface area contributed by atoms with Gasteiger partial charge in [-0.2, -0.15) is 0 Å². The molecular formula is C70H136O17P2. The lowest BCUT2D eigenvalue weighted by atomic mass is 9.99. The van der Waals surface area contributed by atoms with E-state index in [9.17, 15) is 43.2 Å². The van der Waals surface area contributed by atoms with Crippen LogP contribution < -0.4 is 0 Å². The number of unbranched alkanes of at least 4 members (excludes halogenated alkanes) is 38. The zero-order chi connectivity index (χ0) is 65.7. The standard InChI is InChI=1S/C70H136O17P2/c1-7-10-12-14-16-18-23-28-36-42-48-54-69(74)86-65(58-80-67(72)52-46-40-34-26-17-15-13-11-8-2)60-84-88(76,77)82-56-64(71)57-83-89(78,79)85-61-66(59-81-68(73)53-47-41-35-31-30-32-38-44-50-62(4)5)87-70(75)55-49-43-37-29-25-22-20-19-21-24-27-33-39-45-51-63(6)9-3/h62-66,71H,7-61H2,1-6H3,(H,76,77)(H,78,79)/t63?,64-,65+,66+/m0/s1. The molecule has 0 radical (unpaired) electrons. The van der Waals surface area contributed by atoms with Crippen LogP contribution in [-0.2, 0) is 65.4 Å². The van der Waals surface area contributed by atoms with Crippen molar-refractivity contribution in [1.82, 2.24) is 0 Å². The molecule has 89 heavy (non-hydrogen) atoms. The summed E-state index contributed by atoms with van der Waals surface area (Å²) < 4.78 is 68.2. The molecule has 528 valence electrons. The van der Waals surface area contributed by atoms with Crippen molar-refractivity contribution < 1.29 is 80.2 Å². The summed E-state index contributed by atoms with van der Waals surface area (Å²) in [4.78, 5) is 72.5. The van der Waals surface area contributed by atoms with Crippen molar-refractivity contribution in [3.8, 4) is 0 Å². The smallest absolute Gasteiger partial charge is 0.462 e. The molecule has 0 aliphatic rings. The highest BCUT2D eigenvalue weighted by molar-refractivity contribution is 7.47. The number of ether oxygens (including phenoxy) is 4. The maximum Gasteiger partial charge on any atom is 0.472 e. The molecule has 3 N–H and O–H groups in total. The Bertz CT molecular complexity index is 1740.